The van der Waals surface area contributed by atoms with Crippen molar-refractivity contribution in [2.24, 2.45) is 0 Å². The smallest absolute Gasteiger partial charge is 0.343 e. The van der Waals surface area contributed by atoms with Crippen LogP contribution in [0.3, 0.4) is 0 Å². The fourth-order valence-electron chi connectivity index (χ4n) is 4.17. The van der Waals surface area contributed by atoms with Gasteiger partial charge in [-0.25, -0.2) is 14.6 Å². The molecule has 0 aliphatic carbocycles. The van der Waals surface area contributed by atoms with E-state index in [1.54, 1.807) is 72.8 Å². The van der Waals surface area contributed by atoms with Crippen molar-refractivity contribution in [2.75, 3.05) is 23.5 Å². The first-order chi connectivity index (χ1) is 18.5. The van der Waals surface area contributed by atoms with Gasteiger partial charge in [-0.15, -0.1) is 0 Å². The Labute approximate surface area is 230 Å². The molecule has 0 saturated carbocycles. The molecule has 1 heterocycles. The van der Waals surface area contributed by atoms with E-state index in [0.29, 0.717) is 39.5 Å². The first-order valence-electron chi connectivity index (χ1n) is 12.5. The molecule has 0 spiro atoms. The number of halogens is 1. The Kier molecular flexibility index (Phi) is 8.97. The molecule has 0 unspecified atom stereocenters. The van der Waals surface area contributed by atoms with Gasteiger partial charge >= 0.3 is 6.03 Å². The molecule has 1 aliphatic rings. The molecule has 38 heavy (non-hydrogen) atoms. The minimum Gasteiger partial charge on any atom is -0.493 e. The first kappa shape index (κ1) is 27.1. The van der Waals surface area contributed by atoms with Crippen molar-refractivity contribution < 1.29 is 23.9 Å². The monoisotopic (exact) mass is 576 g/mol. The third-order valence-corrected chi connectivity index (χ3v) is 6.67. The quantitative estimate of drug-likeness (QED) is 0.147. The second kappa shape index (κ2) is 12.6. The average Bonchev–Trinajstić information content (AvgIpc) is 2.93. The van der Waals surface area contributed by atoms with Crippen LogP contribution in [0, 0.1) is 0 Å². The lowest BCUT2D eigenvalue weighted by Gasteiger charge is -2.34. The van der Waals surface area contributed by atoms with E-state index in [9.17, 15) is 14.4 Å². The summed E-state index contributed by atoms with van der Waals surface area (Å²) in [4.78, 5) is 42.6. The molecule has 0 aromatic heterocycles. The number of urea groups is 1. The maximum absolute atomic E-state index is 13.6. The highest BCUT2D eigenvalue weighted by Gasteiger charge is 2.43. The molecule has 4 rings (SSSR count). The number of carbonyl (C=O) groups excluding carboxylic acids is 3. The third-order valence-electron chi connectivity index (χ3n) is 6.09. The van der Waals surface area contributed by atoms with Gasteiger partial charge in [0.1, 0.15) is 5.57 Å². The molecule has 3 aromatic carbocycles. The molecule has 0 radical (unpaired) electrons. The Morgan fingerprint density at radius 1 is 0.816 bits per heavy atom. The zero-order chi connectivity index (χ0) is 27.1. The number of methoxy groups -OCH3 is 1. The van der Waals surface area contributed by atoms with Crippen LogP contribution in [0.5, 0.6) is 11.5 Å². The molecule has 0 N–H and O–H groups in total. The first-order valence-corrected chi connectivity index (χ1v) is 13.3. The lowest BCUT2D eigenvalue weighted by Crippen LogP contribution is -2.57. The van der Waals surface area contributed by atoms with Crippen LogP contribution in [0.15, 0.2) is 82.8 Å². The van der Waals surface area contributed by atoms with Crippen molar-refractivity contribution in [3.63, 3.8) is 0 Å². The van der Waals surface area contributed by atoms with Crippen LogP contribution in [0.25, 0.3) is 6.08 Å². The maximum atomic E-state index is 13.6. The largest absolute Gasteiger partial charge is 0.493 e. The van der Waals surface area contributed by atoms with Gasteiger partial charge in [0, 0.05) is 0 Å². The number of unbranched alkanes of at least 4 members (excludes halogenated alkanes) is 3. The van der Waals surface area contributed by atoms with E-state index in [4.69, 9.17) is 9.47 Å². The SMILES string of the molecule is CCCCCCOc1c(Br)cc(C=C2C(=O)N(c3ccccc3)C(=O)N(c3ccccc3)C2=O)cc1OC. The Morgan fingerprint density at radius 3 is 1.92 bits per heavy atom. The van der Waals surface area contributed by atoms with Gasteiger partial charge in [-0.1, -0.05) is 62.6 Å². The summed E-state index contributed by atoms with van der Waals surface area (Å²) in [5.41, 5.74) is 1.12. The summed E-state index contributed by atoms with van der Waals surface area (Å²) >= 11 is 3.54. The van der Waals surface area contributed by atoms with E-state index in [2.05, 4.69) is 22.9 Å². The fourth-order valence-corrected chi connectivity index (χ4v) is 4.75. The maximum Gasteiger partial charge on any atom is 0.343 e. The highest BCUT2D eigenvalue weighted by molar-refractivity contribution is 9.10. The number of benzene rings is 3. The van der Waals surface area contributed by atoms with Gasteiger partial charge in [0.15, 0.2) is 11.5 Å². The van der Waals surface area contributed by atoms with Crippen molar-refractivity contribution in [1.82, 2.24) is 0 Å². The second-order valence-electron chi connectivity index (χ2n) is 8.74. The third kappa shape index (κ3) is 5.81. The van der Waals surface area contributed by atoms with Gasteiger partial charge in [0.25, 0.3) is 11.8 Å². The van der Waals surface area contributed by atoms with Crippen molar-refractivity contribution in [2.45, 2.75) is 32.6 Å². The van der Waals surface area contributed by atoms with E-state index in [-0.39, 0.29) is 5.57 Å². The molecule has 7 nitrogen and oxygen atoms in total. The highest BCUT2D eigenvalue weighted by Crippen LogP contribution is 2.38. The molecule has 1 aliphatic heterocycles. The number of amides is 4. The minimum absolute atomic E-state index is 0.153. The molecule has 1 fully saturated rings. The number of nitrogens with zero attached hydrogens (tertiary/aromatic N) is 2. The van der Waals surface area contributed by atoms with Crippen molar-refractivity contribution in [3.8, 4) is 11.5 Å². The number of ether oxygens (including phenoxy) is 2. The number of rotatable bonds is 10. The number of imide groups is 2. The molecule has 0 atom stereocenters. The zero-order valence-electron chi connectivity index (χ0n) is 21.4. The molecular weight excluding hydrogens is 548 g/mol. The lowest BCUT2D eigenvalue weighted by molar-refractivity contribution is -0.121. The Hall–Kier alpha value is -3.91. The summed E-state index contributed by atoms with van der Waals surface area (Å²) in [5, 5.41) is 0. The molecule has 8 heteroatoms. The Balaban J connectivity index is 1.73. The van der Waals surface area contributed by atoms with Gasteiger partial charge < -0.3 is 9.47 Å². The van der Waals surface area contributed by atoms with E-state index < -0.39 is 17.8 Å². The highest BCUT2D eigenvalue weighted by atomic mass is 79.9. The second-order valence-corrected chi connectivity index (χ2v) is 9.59. The number of anilines is 2. The molecule has 3 aromatic rings. The topological polar surface area (TPSA) is 76.2 Å². The fraction of sp³-hybridized carbons (Fsp3) is 0.233. The van der Waals surface area contributed by atoms with E-state index in [1.807, 2.05) is 0 Å². The summed E-state index contributed by atoms with van der Waals surface area (Å²) in [7, 11) is 1.53. The molecular formula is C30H29BrN2O5. The van der Waals surface area contributed by atoms with Crippen LogP contribution in [0.2, 0.25) is 0 Å². The van der Waals surface area contributed by atoms with Gasteiger partial charge in [0.05, 0.1) is 29.6 Å². The van der Waals surface area contributed by atoms with Crippen molar-refractivity contribution in [1.29, 1.82) is 0 Å². The van der Waals surface area contributed by atoms with Crippen molar-refractivity contribution in [3.05, 3.63) is 88.4 Å². The summed E-state index contributed by atoms with van der Waals surface area (Å²) < 4.78 is 12.2. The van der Waals surface area contributed by atoms with Gasteiger partial charge in [-0.2, -0.15) is 0 Å². The van der Waals surface area contributed by atoms with Crippen LogP contribution >= 0.6 is 15.9 Å². The molecule has 4 amide bonds. The molecule has 0 bridgehead atoms. The number of hydrogen-bond acceptors (Lipinski definition) is 5. The van der Waals surface area contributed by atoms with Crippen LogP contribution in [0.1, 0.15) is 38.2 Å². The number of para-hydroxylation sites is 2. The minimum atomic E-state index is -0.736. The summed E-state index contributed by atoms with van der Waals surface area (Å²) in [6.45, 7) is 2.70. The van der Waals surface area contributed by atoms with Crippen molar-refractivity contribution >= 4 is 51.2 Å². The van der Waals surface area contributed by atoms with Crippen LogP contribution < -0.4 is 19.3 Å². The summed E-state index contributed by atoms with van der Waals surface area (Å²) in [6.07, 6.45) is 5.78. The van der Waals surface area contributed by atoms with Gasteiger partial charge in [-0.05, 0) is 70.4 Å². The normalized spacial score (nSPS) is 13.7. The lowest BCUT2D eigenvalue weighted by atomic mass is 10.0. The van der Waals surface area contributed by atoms with Crippen LogP contribution in [-0.4, -0.2) is 31.6 Å². The number of carbonyl (C=O) groups is 3. The molecule has 196 valence electrons. The Bertz CT molecular complexity index is 1280. The molecule has 1 saturated heterocycles. The van der Waals surface area contributed by atoms with E-state index >= 15 is 0 Å². The van der Waals surface area contributed by atoms with Gasteiger partial charge in [-0.3, -0.25) is 9.59 Å². The van der Waals surface area contributed by atoms with E-state index in [1.165, 1.54) is 13.2 Å². The average molecular weight is 577 g/mol. The number of hydrogen-bond donors (Lipinski definition) is 0. The van der Waals surface area contributed by atoms with Gasteiger partial charge in [0.2, 0.25) is 0 Å². The Morgan fingerprint density at radius 2 is 1.39 bits per heavy atom. The zero-order valence-corrected chi connectivity index (χ0v) is 22.9. The summed E-state index contributed by atoms with van der Waals surface area (Å²) in [6, 6.07) is 19.8. The van der Waals surface area contributed by atoms with Crippen LogP contribution in [0.4, 0.5) is 16.2 Å². The predicted molar refractivity (Wildman–Crippen MR) is 152 cm³/mol. The predicted octanol–water partition coefficient (Wildman–Crippen LogP) is 7.00. The summed E-state index contributed by atoms with van der Waals surface area (Å²) in [5.74, 6) is -0.387. The van der Waals surface area contributed by atoms with E-state index in [0.717, 1.165) is 35.5 Å². The number of barbiturate groups is 1. The van der Waals surface area contributed by atoms with Crippen LogP contribution in [-0.2, 0) is 9.59 Å². The standard InChI is InChI=1S/C30H29BrN2O5/c1-3-4-5-12-17-38-27-25(31)19-21(20-26(27)37-2)18-24-28(34)32(22-13-8-6-9-14-22)30(36)33(29(24)35)23-15-10-7-11-16-23/h6-11,13-16,18-20H,3-5,12,17H2,1-2H3.